The first-order valence-corrected chi connectivity index (χ1v) is 7.73. The van der Waals surface area contributed by atoms with Gasteiger partial charge in [-0.1, -0.05) is 17.7 Å². The lowest BCUT2D eigenvalue weighted by atomic mass is 9.97. The first-order chi connectivity index (χ1) is 10.8. The number of amides is 1. The van der Waals surface area contributed by atoms with Crippen molar-refractivity contribution in [3.63, 3.8) is 0 Å². The summed E-state index contributed by atoms with van der Waals surface area (Å²) >= 11 is 5.56. The molecule has 0 aliphatic carbocycles. The van der Waals surface area contributed by atoms with E-state index in [1.807, 2.05) is 0 Å². The molecule has 134 valence electrons. The minimum absolute atomic E-state index is 0. The molecule has 0 atom stereocenters. The average molecular weight is 383 g/mol. The molecule has 1 aliphatic rings. The highest BCUT2D eigenvalue weighted by Gasteiger charge is 2.33. The molecule has 0 aromatic heterocycles. The Morgan fingerprint density at radius 2 is 1.96 bits per heavy atom. The molecule has 0 unspecified atom stereocenters. The summed E-state index contributed by atoms with van der Waals surface area (Å²) in [6.07, 6.45) is -0.130. The Labute approximate surface area is 150 Å². The number of hydrogen-bond donors (Lipinski definition) is 1. The number of nitrogens with two attached hydrogens (primary N) is 1. The molecule has 1 amide bonds. The maximum Gasteiger partial charge on any atom is 0.417 e. The van der Waals surface area contributed by atoms with Gasteiger partial charge in [-0.15, -0.1) is 12.4 Å². The van der Waals surface area contributed by atoms with Gasteiger partial charge in [-0.05, 0) is 49.1 Å². The molecular formula is C16H19Cl2F3N2O. The van der Waals surface area contributed by atoms with Gasteiger partial charge in [-0.2, -0.15) is 13.2 Å². The van der Waals surface area contributed by atoms with Crippen LogP contribution in [0.15, 0.2) is 24.3 Å². The third-order valence-electron chi connectivity index (χ3n) is 3.97. The third kappa shape index (κ3) is 5.40. The van der Waals surface area contributed by atoms with Crippen LogP contribution in [-0.2, 0) is 11.0 Å². The molecule has 1 heterocycles. The topological polar surface area (TPSA) is 46.3 Å². The highest BCUT2D eigenvalue weighted by Crippen LogP contribution is 2.35. The minimum Gasteiger partial charge on any atom is -0.339 e. The van der Waals surface area contributed by atoms with Gasteiger partial charge in [0.1, 0.15) is 0 Å². The highest BCUT2D eigenvalue weighted by molar-refractivity contribution is 6.31. The van der Waals surface area contributed by atoms with Crippen molar-refractivity contribution in [1.82, 2.24) is 4.90 Å². The predicted molar refractivity (Wildman–Crippen MR) is 91.1 cm³/mol. The Morgan fingerprint density at radius 1 is 1.33 bits per heavy atom. The van der Waals surface area contributed by atoms with Crippen LogP contribution in [0.2, 0.25) is 5.02 Å². The van der Waals surface area contributed by atoms with E-state index in [-0.39, 0.29) is 28.9 Å². The first-order valence-electron chi connectivity index (χ1n) is 7.35. The molecule has 8 heteroatoms. The van der Waals surface area contributed by atoms with Crippen molar-refractivity contribution < 1.29 is 18.0 Å². The van der Waals surface area contributed by atoms with E-state index in [9.17, 15) is 18.0 Å². The van der Waals surface area contributed by atoms with Crippen molar-refractivity contribution in [1.29, 1.82) is 0 Å². The van der Waals surface area contributed by atoms with Crippen LogP contribution in [0.25, 0.3) is 6.08 Å². The van der Waals surface area contributed by atoms with Crippen LogP contribution >= 0.6 is 24.0 Å². The molecule has 0 bridgehead atoms. The molecule has 3 nitrogen and oxygen atoms in total. The fourth-order valence-corrected chi connectivity index (χ4v) is 2.75. The van der Waals surface area contributed by atoms with Crippen LogP contribution in [0.1, 0.15) is 24.0 Å². The predicted octanol–water partition coefficient (Wildman–Crippen LogP) is 3.99. The van der Waals surface area contributed by atoms with Crippen LogP contribution in [-0.4, -0.2) is 30.4 Å². The number of carbonyl (C=O) groups is 1. The van der Waals surface area contributed by atoms with Crippen LogP contribution in [0.5, 0.6) is 0 Å². The lowest BCUT2D eigenvalue weighted by Crippen LogP contribution is -2.39. The number of likely N-dealkylation sites (tertiary alicyclic amines) is 1. The second-order valence-corrected chi connectivity index (χ2v) is 5.98. The molecule has 1 aromatic carbocycles. The fourth-order valence-electron chi connectivity index (χ4n) is 2.53. The van der Waals surface area contributed by atoms with Crippen molar-refractivity contribution in [3.8, 4) is 0 Å². The van der Waals surface area contributed by atoms with Crippen LogP contribution in [0, 0.1) is 5.92 Å². The summed E-state index contributed by atoms with van der Waals surface area (Å²) in [4.78, 5) is 13.8. The fraction of sp³-hybridized carbons (Fsp3) is 0.438. The summed E-state index contributed by atoms with van der Waals surface area (Å²) in [7, 11) is 0. The van der Waals surface area contributed by atoms with Gasteiger partial charge in [0, 0.05) is 19.2 Å². The average Bonchev–Trinajstić information content (AvgIpc) is 2.52. The van der Waals surface area contributed by atoms with Crippen molar-refractivity contribution in [2.75, 3.05) is 19.6 Å². The number of alkyl halides is 3. The lowest BCUT2D eigenvalue weighted by molar-refractivity contribution is -0.137. The van der Waals surface area contributed by atoms with E-state index >= 15 is 0 Å². The van der Waals surface area contributed by atoms with Gasteiger partial charge < -0.3 is 10.6 Å². The van der Waals surface area contributed by atoms with E-state index in [1.54, 1.807) is 4.90 Å². The minimum atomic E-state index is -4.52. The van der Waals surface area contributed by atoms with Crippen molar-refractivity contribution in [3.05, 3.63) is 40.4 Å². The summed E-state index contributed by atoms with van der Waals surface area (Å²) in [6, 6.07) is 3.57. The monoisotopic (exact) mass is 382 g/mol. The molecule has 0 spiro atoms. The Morgan fingerprint density at radius 3 is 2.50 bits per heavy atom. The van der Waals surface area contributed by atoms with E-state index in [1.165, 1.54) is 24.3 Å². The maximum absolute atomic E-state index is 12.8. The SMILES string of the molecule is Cl.NCC1CCN(C(=O)C=Cc2ccc(Cl)c(C(F)(F)F)c2)CC1. The van der Waals surface area contributed by atoms with Crippen LogP contribution in [0.3, 0.4) is 0 Å². The van der Waals surface area contributed by atoms with Crippen molar-refractivity contribution in [2.45, 2.75) is 19.0 Å². The van der Waals surface area contributed by atoms with Crippen LogP contribution in [0.4, 0.5) is 13.2 Å². The molecule has 1 aliphatic heterocycles. The molecule has 1 aromatic rings. The maximum atomic E-state index is 12.8. The number of halogens is 5. The second kappa shape index (κ2) is 8.74. The molecule has 0 radical (unpaired) electrons. The number of nitrogens with zero attached hydrogens (tertiary/aromatic N) is 1. The van der Waals surface area contributed by atoms with Crippen LogP contribution < -0.4 is 5.73 Å². The molecule has 2 rings (SSSR count). The summed E-state index contributed by atoms with van der Waals surface area (Å²) in [5.74, 6) is 0.234. The first kappa shape index (κ1) is 20.8. The standard InChI is InChI=1S/C16H18ClF3N2O.ClH/c17-14-3-1-11(9-13(14)16(18,19)20)2-4-15(23)22-7-5-12(10-21)6-8-22;/h1-4,9,12H,5-8,10,21H2;1H. The van der Waals surface area contributed by atoms with E-state index < -0.39 is 11.7 Å². The molecular weight excluding hydrogens is 364 g/mol. The largest absolute Gasteiger partial charge is 0.417 e. The summed E-state index contributed by atoms with van der Waals surface area (Å²) in [6.45, 7) is 1.86. The molecule has 1 saturated heterocycles. The second-order valence-electron chi connectivity index (χ2n) is 5.57. The summed E-state index contributed by atoms with van der Waals surface area (Å²) < 4.78 is 38.4. The van der Waals surface area contributed by atoms with Gasteiger partial charge in [0.25, 0.3) is 0 Å². The quantitative estimate of drug-likeness (QED) is 0.803. The zero-order valence-corrected chi connectivity index (χ0v) is 14.4. The number of benzene rings is 1. The molecule has 2 N–H and O–H groups in total. The molecule has 24 heavy (non-hydrogen) atoms. The van der Waals surface area contributed by atoms with E-state index in [2.05, 4.69) is 0 Å². The molecule has 0 saturated carbocycles. The number of piperidine rings is 1. The van der Waals surface area contributed by atoms with Gasteiger partial charge in [0.15, 0.2) is 0 Å². The molecule has 1 fully saturated rings. The zero-order chi connectivity index (χ0) is 17.0. The van der Waals surface area contributed by atoms with Gasteiger partial charge in [-0.3, -0.25) is 4.79 Å². The highest BCUT2D eigenvalue weighted by atomic mass is 35.5. The van der Waals surface area contributed by atoms with Crippen molar-refractivity contribution in [2.24, 2.45) is 11.7 Å². The smallest absolute Gasteiger partial charge is 0.339 e. The Bertz CT molecular complexity index is 597. The number of hydrogen-bond acceptors (Lipinski definition) is 2. The third-order valence-corrected chi connectivity index (χ3v) is 4.30. The Balaban J connectivity index is 0.00000288. The Kier molecular flexibility index (Phi) is 7.57. The van der Waals surface area contributed by atoms with Gasteiger partial charge in [-0.25, -0.2) is 0 Å². The van der Waals surface area contributed by atoms with Gasteiger partial charge >= 0.3 is 6.18 Å². The Hall–Kier alpha value is -1.24. The lowest BCUT2D eigenvalue weighted by Gasteiger charge is -2.30. The number of rotatable bonds is 3. The summed E-state index contributed by atoms with van der Waals surface area (Å²) in [5.41, 5.74) is 4.98. The van der Waals surface area contributed by atoms with Gasteiger partial charge in [0.2, 0.25) is 5.91 Å². The van der Waals surface area contributed by atoms with Gasteiger partial charge in [0.05, 0.1) is 10.6 Å². The summed E-state index contributed by atoms with van der Waals surface area (Å²) in [5, 5.41) is -0.357. The van der Waals surface area contributed by atoms with Crippen molar-refractivity contribution >= 4 is 36.0 Å². The zero-order valence-electron chi connectivity index (χ0n) is 12.9. The van der Waals surface area contributed by atoms with E-state index in [4.69, 9.17) is 17.3 Å². The van der Waals surface area contributed by atoms with E-state index in [0.29, 0.717) is 25.6 Å². The van der Waals surface area contributed by atoms with E-state index in [0.717, 1.165) is 18.9 Å². The normalized spacial score (nSPS) is 16.3. The number of carbonyl (C=O) groups excluding carboxylic acids is 1.